The summed E-state index contributed by atoms with van der Waals surface area (Å²) in [4.78, 5) is 62.0. The molecule has 1 unspecified atom stereocenters. The van der Waals surface area contributed by atoms with Gasteiger partial charge in [0, 0.05) is 18.7 Å². The topological polar surface area (TPSA) is 151 Å². The van der Waals surface area contributed by atoms with Crippen molar-refractivity contribution in [2.75, 3.05) is 25.0 Å². The fraction of sp³-hybridized carbons (Fsp3) is 0.421. The van der Waals surface area contributed by atoms with Crippen LogP contribution in [0.2, 0.25) is 0 Å². The predicted molar refractivity (Wildman–Crippen MR) is 103 cm³/mol. The fourth-order valence-corrected chi connectivity index (χ4v) is 3.40. The fourth-order valence-electron chi connectivity index (χ4n) is 3.40. The van der Waals surface area contributed by atoms with Crippen molar-refractivity contribution < 1.29 is 24.0 Å². The molecule has 10 heteroatoms. The Bertz CT molecular complexity index is 869. The minimum Gasteiger partial charge on any atom is -0.375 e. The van der Waals surface area contributed by atoms with Gasteiger partial charge in [0.05, 0.1) is 17.7 Å². The molecule has 2 aliphatic heterocycles. The zero-order valence-corrected chi connectivity index (χ0v) is 15.8. The molecule has 29 heavy (non-hydrogen) atoms. The van der Waals surface area contributed by atoms with Crippen molar-refractivity contribution >= 4 is 35.2 Å². The molecule has 2 heterocycles. The van der Waals surface area contributed by atoms with E-state index in [1.54, 1.807) is 12.1 Å². The molecule has 3 rings (SSSR count). The monoisotopic (exact) mass is 401 g/mol. The lowest BCUT2D eigenvalue weighted by atomic mass is 10.0. The van der Waals surface area contributed by atoms with Crippen molar-refractivity contribution in [1.29, 1.82) is 0 Å². The first-order chi connectivity index (χ1) is 13.9. The zero-order valence-electron chi connectivity index (χ0n) is 15.8. The Labute approximate surface area is 167 Å². The van der Waals surface area contributed by atoms with Crippen LogP contribution in [-0.4, -0.2) is 60.1 Å². The van der Waals surface area contributed by atoms with Crippen LogP contribution in [0.3, 0.4) is 0 Å². The maximum atomic E-state index is 12.9. The van der Waals surface area contributed by atoms with E-state index in [-0.39, 0.29) is 36.4 Å². The zero-order chi connectivity index (χ0) is 21.0. The van der Waals surface area contributed by atoms with Crippen molar-refractivity contribution in [1.82, 2.24) is 15.5 Å². The van der Waals surface area contributed by atoms with Gasteiger partial charge in [-0.1, -0.05) is 6.07 Å². The van der Waals surface area contributed by atoms with Gasteiger partial charge in [-0.2, -0.15) is 0 Å². The molecule has 0 spiro atoms. The van der Waals surface area contributed by atoms with E-state index in [1.165, 1.54) is 6.07 Å². The average molecular weight is 401 g/mol. The Morgan fingerprint density at radius 3 is 2.69 bits per heavy atom. The van der Waals surface area contributed by atoms with Gasteiger partial charge in [0.25, 0.3) is 11.8 Å². The Balaban J connectivity index is 1.71. The Hall–Kier alpha value is -3.27. The summed E-state index contributed by atoms with van der Waals surface area (Å²) in [5.41, 5.74) is 6.03. The van der Waals surface area contributed by atoms with Crippen LogP contribution in [0.1, 0.15) is 46.4 Å². The molecule has 5 amide bonds. The number of nitrogens with two attached hydrogens (primary N) is 1. The molecule has 2 aliphatic rings. The van der Waals surface area contributed by atoms with Crippen LogP contribution in [0.4, 0.5) is 5.69 Å². The summed E-state index contributed by atoms with van der Waals surface area (Å²) < 4.78 is 0. The highest BCUT2D eigenvalue weighted by atomic mass is 16.2. The number of unbranched alkanes of at least 4 members (excludes halogenated alkanes) is 1. The summed E-state index contributed by atoms with van der Waals surface area (Å²) >= 11 is 0. The van der Waals surface area contributed by atoms with Crippen molar-refractivity contribution in [3.63, 3.8) is 0 Å². The van der Waals surface area contributed by atoms with Crippen molar-refractivity contribution in [2.45, 2.75) is 31.7 Å². The lowest BCUT2D eigenvalue weighted by Crippen LogP contribution is -2.54. The SMILES string of the molecule is NCCCCNC(=O)CNc1cccc2c1C(=O)N(C1CCC(=O)NC1=O)C2=O. The number of nitrogens with one attached hydrogen (secondary N) is 3. The van der Waals surface area contributed by atoms with Gasteiger partial charge >= 0.3 is 0 Å². The molecule has 154 valence electrons. The predicted octanol–water partition coefficient (Wildman–Crippen LogP) is -0.645. The number of benzene rings is 1. The smallest absolute Gasteiger partial charge is 0.264 e. The first-order valence-corrected chi connectivity index (χ1v) is 9.49. The third-order valence-electron chi connectivity index (χ3n) is 4.86. The van der Waals surface area contributed by atoms with Crippen LogP contribution >= 0.6 is 0 Å². The highest BCUT2D eigenvalue weighted by Crippen LogP contribution is 2.32. The Kier molecular flexibility index (Phi) is 6.23. The Morgan fingerprint density at radius 2 is 1.97 bits per heavy atom. The van der Waals surface area contributed by atoms with Crippen LogP contribution in [-0.2, 0) is 14.4 Å². The number of carbonyl (C=O) groups is 5. The van der Waals surface area contributed by atoms with Crippen molar-refractivity contribution in [3.05, 3.63) is 29.3 Å². The molecular formula is C19H23N5O5. The molecule has 10 nitrogen and oxygen atoms in total. The highest BCUT2D eigenvalue weighted by molar-refractivity contribution is 6.25. The molecule has 1 aromatic rings. The van der Waals surface area contributed by atoms with Crippen LogP contribution < -0.4 is 21.7 Å². The lowest BCUT2D eigenvalue weighted by molar-refractivity contribution is -0.136. The van der Waals surface area contributed by atoms with E-state index in [0.717, 1.165) is 17.7 Å². The van der Waals surface area contributed by atoms with Gasteiger partial charge in [-0.15, -0.1) is 0 Å². The van der Waals surface area contributed by atoms with E-state index in [2.05, 4.69) is 16.0 Å². The molecule has 1 aromatic carbocycles. The van der Waals surface area contributed by atoms with E-state index in [9.17, 15) is 24.0 Å². The number of nitrogens with zero attached hydrogens (tertiary/aromatic N) is 1. The van der Waals surface area contributed by atoms with Gasteiger partial charge in [-0.25, -0.2) is 0 Å². The number of rotatable bonds is 8. The number of amides is 5. The largest absolute Gasteiger partial charge is 0.375 e. The van der Waals surface area contributed by atoms with E-state index >= 15 is 0 Å². The number of fused-ring (bicyclic) bond motifs is 1. The lowest BCUT2D eigenvalue weighted by Gasteiger charge is -2.27. The molecule has 1 fully saturated rings. The van der Waals surface area contributed by atoms with Crippen LogP contribution in [0.5, 0.6) is 0 Å². The molecular weight excluding hydrogens is 378 g/mol. The van der Waals surface area contributed by atoms with Crippen molar-refractivity contribution in [2.24, 2.45) is 5.73 Å². The van der Waals surface area contributed by atoms with Crippen molar-refractivity contribution in [3.8, 4) is 0 Å². The number of hydrogen-bond acceptors (Lipinski definition) is 7. The van der Waals surface area contributed by atoms with Crippen LogP contribution in [0.15, 0.2) is 18.2 Å². The normalized spacial score (nSPS) is 18.5. The van der Waals surface area contributed by atoms with E-state index in [0.29, 0.717) is 18.8 Å². The summed E-state index contributed by atoms with van der Waals surface area (Å²) in [5, 5.41) is 7.79. The van der Waals surface area contributed by atoms with Gasteiger partial charge in [0.1, 0.15) is 6.04 Å². The first kappa shape index (κ1) is 20.5. The minimum absolute atomic E-state index is 0.0548. The first-order valence-electron chi connectivity index (χ1n) is 9.49. The second-order valence-electron chi connectivity index (χ2n) is 6.87. The van der Waals surface area contributed by atoms with E-state index < -0.39 is 29.7 Å². The number of piperidine rings is 1. The van der Waals surface area contributed by atoms with E-state index in [4.69, 9.17) is 5.73 Å². The third-order valence-corrected chi connectivity index (χ3v) is 4.86. The number of hydrogen-bond donors (Lipinski definition) is 4. The number of imide groups is 2. The molecule has 5 N–H and O–H groups in total. The highest BCUT2D eigenvalue weighted by Gasteiger charge is 2.45. The van der Waals surface area contributed by atoms with E-state index in [1.807, 2.05) is 0 Å². The Morgan fingerprint density at radius 1 is 1.17 bits per heavy atom. The van der Waals surface area contributed by atoms with Crippen LogP contribution in [0.25, 0.3) is 0 Å². The summed E-state index contributed by atoms with van der Waals surface area (Å²) in [6.07, 6.45) is 1.73. The standard InChI is InChI=1S/C19H23N5O5/c20-8-1-2-9-21-15(26)10-22-12-5-3-4-11-16(12)19(29)24(18(11)28)13-6-7-14(25)23-17(13)27/h3-5,13,22H,1-2,6-10,20H2,(H,21,26)(H,23,25,27). The second-order valence-corrected chi connectivity index (χ2v) is 6.87. The second kappa shape index (κ2) is 8.82. The van der Waals surface area contributed by atoms with Gasteiger partial charge in [0.2, 0.25) is 17.7 Å². The van der Waals surface area contributed by atoms with Crippen LogP contribution in [0, 0.1) is 0 Å². The third kappa shape index (κ3) is 4.27. The minimum atomic E-state index is -1.03. The van der Waals surface area contributed by atoms with Gasteiger partial charge < -0.3 is 16.4 Å². The molecule has 0 aliphatic carbocycles. The average Bonchev–Trinajstić information content (AvgIpc) is 2.95. The molecule has 0 bridgehead atoms. The van der Waals surface area contributed by atoms with Gasteiger partial charge in [-0.3, -0.25) is 34.2 Å². The maximum Gasteiger partial charge on any atom is 0.264 e. The quantitative estimate of drug-likeness (QED) is 0.334. The molecule has 0 aromatic heterocycles. The number of anilines is 1. The molecule has 0 saturated carbocycles. The summed E-state index contributed by atoms with van der Waals surface area (Å²) in [6, 6.07) is 3.66. The summed E-state index contributed by atoms with van der Waals surface area (Å²) in [5.74, 6) is -2.55. The molecule has 1 atom stereocenters. The molecule has 0 radical (unpaired) electrons. The van der Waals surface area contributed by atoms with Gasteiger partial charge in [-0.05, 0) is 37.9 Å². The van der Waals surface area contributed by atoms with Gasteiger partial charge in [0.15, 0.2) is 0 Å². The number of carbonyl (C=O) groups excluding carboxylic acids is 5. The molecule has 1 saturated heterocycles. The maximum absolute atomic E-state index is 12.9. The summed E-state index contributed by atoms with van der Waals surface area (Å²) in [6.45, 7) is 0.994. The summed E-state index contributed by atoms with van der Waals surface area (Å²) in [7, 11) is 0.